The third kappa shape index (κ3) is 4.36. The lowest BCUT2D eigenvalue weighted by molar-refractivity contribution is 0.395. The van der Waals surface area contributed by atoms with Crippen LogP contribution in [0.2, 0.25) is 0 Å². The number of hydrogen-bond acceptors (Lipinski definition) is 4. The van der Waals surface area contributed by atoms with Crippen LogP contribution in [0.1, 0.15) is 5.56 Å². The van der Waals surface area contributed by atoms with Crippen molar-refractivity contribution in [1.82, 2.24) is 9.78 Å². The van der Waals surface area contributed by atoms with E-state index in [1.54, 1.807) is 26.5 Å². The Hall–Kier alpha value is -3.58. The first-order chi connectivity index (χ1) is 14.7. The van der Waals surface area contributed by atoms with Crippen LogP contribution in [0.5, 0.6) is 11.5 Å². The Bertz CT molecular complexity index is 1180. The largest absolute Gasteiger partial charge is 0.497 e. The van der Waals surface area contributed by atoms with E-state index in [0.29, 0.717) is 23.2 Å². The van der Waals surface area contributed by atoms with Crippen molar-refractivity contribution >= 4 is 39.5 Å². The Morgan fingerprint density at radius 1 is 1.00 bits per heavy atom. The van der Waals surface area contributed by atoms with Crippen LogP contribution in [0.4, 0.5) is 11.4 Å². The summed E-state index contributed by atoms with van der Waals surface area (Å²) < 4.78 is 12.5. The van der Waals surface area contributed by atoms with E-state index in [4.69, 9.17) is 21.7 Å². The van der Waals surface area contributed by atoms with Gasteiger partial charge in [0, 0.05) is 12.3 Å². The van der Waals surface area contributed by atoms with Crippen molar-refractivity contribution < 1.29 is 9.47 Å². The predicted molar refractivity (Wildman–Crippen MR) is 125 cm³/mol. The van der Waals surface area contributed by atoms with Crippen molar-refractivity contribution in [2.75, 3.05) is 24.9 Å². The van der Waals surface area contributed by atoms with Crippen molar-refractivity contribution in [2.24, 2.45) is 0 Å². The molecule has 0 unspecified atom stereocenters. The molecule has 1 aromatic heterocycles. The highest BCUT2D eigenvalue weighted by Gasteiger charge is 2.08. The van der Waals surface area contributed by atoms with Crippen molar-refractivity contribution in [3.05, 3.63) is 78.6 Å². The molecule has 0 fully saturated rings. The molecule has 0 saturated carbocycles. The van der Waals surface area contributed by atoms with E-state index in [1.165, 1.54) is 16.3 Å². The van der Waals surface area contributed by atoms with Crippen molar-refractivity contribution in [3.8, 4) is 11.5 Å². The number of benzene rings is 3. The number of aromatic nitrogens is 2. The van der Waals surface area contributed by atoms with Gasteiger partial charge in [-0.3, -0.25) is 4.68 Å². The maximum atomic E-state index is 5.44. The fraction of sp³-hybridized carbons (Fsp3) is 0.130. The first-order valence-corrected chi connectivity index (χ1v) is 9.86. The van der Waals surface area contributed by atoms with Crippen molar-refractivity contribution in [1.29, 1.82) is 0 Å². The Balaban J connectivity index is 1.44. The first kappa shape index (κ1) is 19.7. The smallest absolute Gasteiger partial charge is 0.175 e. The lowest BCUT2D eigenvalue weighted by Gasteiger charge is -2.13. The van der Waals surface area contributed by atoms with Gasteiger partial charge in [0.1, 0.15) is 11.5 Å². The summed E-state index contributed by atoms with van der Waals surface area (Å²) in [5.41, 5.74) is 2.77. The van der Waals surface area contributed by atoms with Crippen LogP contribution in [0, 0.1) is 0 Å². The van der Waals surface area contributed by atoms with Gasteiger partial charge in [-0.25, -0.2) is 0 Å². The van der Waals surface area contributed by atoms with Crippen molar-refractivity contribution in [3.63, 3.8) is 0 Å². The zero-order valence-corrected chi connectivity index (χ0v) is 17.6. The Labute approximate surface area is 180 Å². The molecule has 0 atom stereocenters. The quantitative estimate of drug-likeness (QED) is 0.434. The average molecular weight is 419 g/mol. The maximum absolute atomic E-state index is 5.44. The zero-order valence-electron chi connectivity index (χ0n) is 16.8. The van der Waals surface area contributed by atoms with Gasteiger partial charge >= 0.3 is 0 Å². The summed E-state index contributed by atoms with van der Waals surface area (Å²) in [5.74, 6) is 1.36. The van der Waals surface area contributed by atoms with Crippen LogP contribution in [0.15, 0.2) is 73.1 Å². The molecule has 0 spiro atoms. The SMILES string of the molecule is COc1ccc(NC(=S)Nc2cnn(Cc3cccc4ccccc34)c2)c(OC)c1. The number of methoxy groups -OCH3 is 2. The van der Waals surface area contributed by atoms with Gasteiger partial charge in [0.2, 0.25) is 0 Å². The molecule has 0 aliphatic heterocycles. The van der Waals surface area contributed by atoms with Crippen LogP contribution in [0.3, 0.4) is 0 Å². The fourth-order valence-corrected chi connectivity index (χ4v) is 3.53. The van der Waals surface area contributed by atoms with E-state index in [9.17, 15) is 0 Å². The molecule has 4 aromatic rings. The number of fused-ring (bicyclic) bond motifs is 1. The summed E-state index contributed by atoms with van der Waals surface area (Å²) in [6.07, 6.45) is 3.69. The van der Waals surface area contributed by atoms with E-state index in [2.05, 4.69) is 52.1 Å². The molecule has 0 aliphatic rings. The minimum Gasteiger partial charge on any atom is -0.497 e. The zero-order chi connectivity index (χ0) is 20.9. The first-order valence-electron chi connectivity index (χ1n) is 9.45. The number of anilines is 2. The molecule has 0 amide bonds. The molecular weight excluding hydrogens is 396 g/mol. The Kier molecular flexibility index (Phi) is 5.81. The summed E-state index contributed by atoms with van der Waals surface area (Å²) >= 11 is 5.44. The normalized spacial score (nSPS) is 10.6. The minimum absolute atomic E-state index is 0.447. The molecule has 0 radical (unpaired) electrons. The Morgan fingerprint density at radius 3 is 2.67 bits per heavy atom. The standard InChI is InChI=1S/C23H22N4O2S/c1-28-19-10-11-21(22(12-19)29-2)26-23(30)25-18-13-24-27(15-18)14-17-8-5-7-16-6-3-4-9-20(16)17/h3-13,15H,14H2,1-2H3,(H2,25,26,30). The lowest BCUT2D eigenvalue weighted by atomic mass is 10.0. The maximum Gasteiger partial charge on any atom is 0.175 e. The molecular formula is C23H22N4O2S. The lowest BCUT2D eigenvalue weighted by Crippen LogP contribution is -2.19. The summed E-state index contributed by atoms with van der Waals surface area (Å²) in [5, 5.41) is 13.7. The average Bonchev–Trinajstić information content (AvgIpc) is 3.20. The summed E-state index contributed by atoms with van der Waals surface area (Å²) in [7, 11) is 3.22. The van der Waals surface area contributed by atoms with Gasteiger partial charge in [0.05, 0.1) is 38.3 Å². The molecule has 7 heteroatoms. The second kappa shape index (κ2) is 8.84. The molecule has 4 rings (SSSR count). The van der Waals surface area contributed by atoms with E-state index >= 15 is 0 Å². The van der Waals surface area contributed by atoms with Crippen LogP contribution in [0.25, 0.3) is 10.8 Å². The number of ether oxygens (including phenoxy) is 2. The monoisotopic (exact) mass is 418 g/mol. The highest BCUT2D eigenvalue weighted by Crippen LogP contribution is 2.29. The van der Waals surface area contributed by atoms with Gasteiger partial charge in [0.15, 0.2) is 5.11 Å². The molecule has 3 aromatic carbocycles. The Morgan fingerprint density at radius 2 is 1.83 bits per heavy atom. The third-order valence-electron chi connectivity index (χ3n) is 4.76. The molecule has 1 heterocycles. The molecule has 0 bridgehead atoms. The number of hydrogen-bond donors (Lipinski definition) is 2. The number of nitrogens with one attached hydrogen (secondary N) is 2. The van der Waals surface area contributed by atoms with Crippen molar-refractivity contribution in [2.45, 2.75) is 6.54 Å². The van der Waals surface area contributed by atoms with Gasteiger partial charge in [-0.1, -0.05) is 42.5 Å². The highest BCUT2D eigenvalue weighted by atomic mass is 32.1. The second-order valence-electron chi connectivity index (χ2n) is 6.71. The van der Waals surface area contributed by atoms with Crippen LogP contribution < -0.4 is 20.1 Å². The van der Waals surface area contributed by atoms with Gasteiger partial charge in [-0.2, -0.15) is 5.10 Å². The molecule has 2 N–H and O–H groups in total. The molecule has 6 nitrogen and oxygen atoms in total. The molecule has 30 heavy (non-hydrogen) atoms. The van der Waals surface area contributed by atoms with Gasteiger partial charge < -0.3 is 20.1 Å². The fourth-order valence-electron chi connectivity index (χ4n) is 3.31. The van der Waals surface area contributed by atoms with E-state index in [-0.39, 0.29) is 0 Å². The van der Waals surface area contributed by atoms with Crippen LogP contribution in [-0.4, -0.2) is 29.1 Å². The molecule has 0 aliphatic carbocycles. The minimum atomic E-state index is 0.447. The number of nitrogens with zero attached hydrogens (tertiary/aromatic N) is 2. The van der Waals surface area contributed by atoms with E-state index < -0.39 is 0 Å². The third-order valence-corrected chi connectivity index (χ3v) is 4.96. The number of rotatable bonds is 6. The number of thiocarbonyl (C=S) groups is 1. The molecule has 0 saturated heterocycles. The predicted octanol–water partition coefficient (Wildman–Crippen LogP) is 4.91. The van der Waals surface area contributed by atoms with E-state index in [1.807, 2.05) is 29.1 Å². The summed E-state index contributed by atoms with van der Waals surface area (Å²) in [6, 6.07) is 20.2. The highest BCUT2D eigenvalue weighted by molar-refractivity contribution is 7.80. The summed E-state index contributed by atoms with van der Waals surface area (Å²) in [4.78, 5) is 0. The second-order valence-corrected chi connectivity index (χ2v) is 7.12. The molecule has 152 valence electrons. The van der Waals surface area contributed by atoms with Gasteiger partial charge in [0.25, 0.3) is 0 Å². The van der Waals surface area contributed by atoms with Crippen LogP contribution >= 0.6 is 12.2 Å². The topological polar surface area (TPSA) is 60.3 Å². The van der Waals surface area contributed by atoms with Gasteiger partial charge in [-0.05, 0) is 40.7 Å². The van der Waals surface area contributed by atoms with Crippen LogP contribution in [-0.2, 0) is 6.54 Å². The van der Waals surface area contributed by atoms with E-state index in [0.717, 1.165) is 11.4 Å². The summed E-state index contributed by atoms with van der Waals surface area (Å²) in [6.45, 7) is 0.676. The van der Waals surface area contributed by atoms with Gasteiger partial charge in [-0.15, -0.1) is 0 Å².